The van der Waals surface area contributed by atoms with Crippen LogP contribution >= 0.6 is 11.8 Å². The third kappa shape index (κ3) is 3.37. The minimum Gasteiger partial charge on any atom is -0.497 e. The van der Waals surface area contributed by atoms with E-state index < -0.39 is 0 Å². The van der Waals surface area contributed by atoms with Crippen molar-refractivity contribution in [3.63, 3.8) is 0 Å². The molecule has 2 atom stereocenters. The first-order valence-electron chi connectivity index (χ1n) is 5.91. The average Bonchev–Trinajstić information content (AvgIpc) is 3.19. The van der Waals surface area contributed by atoms with Crippen LogP contribution in [0.4, 0.5) is 0 Å². The van der Waals surface area contributed by atoms with Gasteiger partial charge in [-0.1, -0.05) is 6.07 Å². The first kappa shape index (κ1) is 12.7. The third-order valence-corrected chi connectivity index (χ3v) is 4.40. The Bertz CT molecular complexity index is 368. The molecule has 2 unspecified atom stereocenters. The molecule has 0 heterocycles. The second-order valence-electron chi connectivity index (χ2n) is 4.43. The van der Waals surface area contributed by atoms with Crippen LogP contribution < -0.4 is 10.5 Å². The number of thioether (sulfide) groups is 1. The van der Waals surface area contributed by atoms with Gasteiger partial charge in [0.25, 0.3) is 0 Å². The van der Waals surface area contributed by atoms with E-state index in [-0.39, 0.29) is 17.9 Å². The highest BCUT2D eigenvalue weighted by Gasteiger charge is 2.34. The van der Waals surface area contributed by atoms with Crippen molar-refractivity contribution in [1.82, 2.24) is 0 Å². The smallest absolute Gasteiger partial charge is 0.119 e. The Morgan fingerprint density at radius 3 is 2.88 bits per heavy atom. The summed E-state index contributed by atoms with van der Waals surface area (Å²) in [6.07, 6.45) is 2.41. The zero-order valence-electron chi connectivity index (χ0n) is 10.0. The first-order chi connectivity index (χ1) is 8.24. The lowest BCUT2D eigenvalue weighted by atomic mass is 10.1. The van der Waals surface area contributed by atoms with Gasteiger partial charge in [-0.3, -0.25) is 0 Å². The third-order valence-electron chi connectivity index (χ3n) is 3.10. The average molecular weight is 253 g/mol. The summed E-state index contributed by atoms with van der Waals surface area (Å²) in [7, 11) is 1.66. The highest BCUT2D eigenvalue weighted by atomic mass is 32.2. The number of rotatable bonds is 6. The van der Waals surface area contributed by atoms with Gasteiger partial charge in [0.15, 0.2) is 0 Å². The molecule has 1 saturated carbocycles. The molecule has 0 bridgehead atoms. The Morgan fingerprint density at radius 2 is 2.29 bits per heavy atom. The summed E-state index contributed by atoms with van der Waals surface area (Å²) in [4.78, 5) is 1.10. The summed E-state index contributed by atoms with van der Waals surface area (Å²) >= 11 is 1.64. The molecule has 4 heteroatoms. The molecule has 0 amide bonds. The van der Waals surface area contributed by atoms with Crippen LogP contribution in [-0.4, -0.2) is 30.1 Å². The van der Waals surface area contributed by atoms with Crippen LogP contribution in [0.2, 0.25) is 0 Å². The molecule has 1 aliphatic rings. The number of nitrogens with two attached hydrogens (primary N) is 1. The maximum absolute atomic E-state index is 9.43. The van der Waals surface area contributed by atoms with Gasteiger partial charge in [0.05, 0.1) is 13.7 Å². The Labute approximate surface area is 106 Å². The molecule has 3 N–H and O–H groups in total. The molecule has 0 aromatic heterocycles. The van der Waals surface area contributed by atoms with Gasteiger partial charge < -0.3 is 15.6 Å². The minimum atomic E-state index is 0.0783. The monoisotopic (exact) mass is 253 g/mol. The van der Waals surface area contributed by atoms with Crippen molar-refractivity contribution in [2.45, 2.75) is 29.0 Å². The van der Waals surface area contributed by atoms with E-state index in [0.29, 0.717) is 5.92 Å². The summed E-state index contributed by atoms with van der Waals surface area (Å²) < 4.78 is 5.18. The molecule has 94 valence electrons. The van der Waals surface area contributed by atoms with Gasteiger partial charge in [0, 0.05) is 16.2 Å². The first-order valence-corrected chi connectivity index (χ1v) is 6.79. The summed E-state index contributed by atoms with van der Waals surface area (Å²) in [6, 6.07) is 7.97. The quantitative estimate of drug-likeness (QED) is 0.760. The van der Waals surface area contributed by atoms with Crippen LogP contribution in [0, 0.1) is 5.92 Å². The molecule has 2 rings (SSSR count). The molecule has 17 heavy (non-hydrogen) atoms. The second kappa shape index (κ2) is 5.76. The fourth-order valence-electron chi connectivity index (χ4n) is 1.87. The zero-order valence-corrected chi connectivity index (χ0v) is 10.8. The maximum atomic E-state index is 9.43. The zero-order chi connectivity index (χ0) is 12.3. The number of hydrogen-bond acceptors (Lipinski definition) is 4. The normalized spacial score (nSPS) is 18.8. The number of ether oxygens (including phenoxy) is 1. The lowest BCUT2D eigenvalue weighted by molar-refractivity contribution is 0.277. The van der Waals surface area contributed by atoms with Crippen LogP contribution in [0.1, 0.15) is 12.8 Å². The summed E-state index contributed by atoms with van der Waals surface area (Å²) in [5.74, 6) is 1.44. The lowest BCUT2D eigenvalue weighted by Gasteiger charge is -2.21. The van der Waals surface area contributed by atoms with Gasteiger partial charge >= 0.3 is 0 Å². The van der Waals surface area contributed by atoms with E-state index in [4.69, 9.17) is 10.5 Å². The Balaban J connectivity index is 2.01. The topological polar surface area (TPSA) is 55.5 Å². The van der Waals surface area contributed by atoms with Crippen LogP contribution in [0.3, 0.4) is 0 Å². The van der Waals surface area contributed by atoms with Crippen LogP contribution in [0.15, 0.2) is 29.2 Å². The van der Waals surface area contributed by atoms with Crippen LogP contribution in [-0.2, 0) is 0 Å². The Morgan fingerprint density at radius 1 is 1.53 bits per heavy atom. The molecular weight excluding hydrogens is 234 g/mol. The van der Waals surface area contributed by atoms with E-state index in [9.17, 15) is 5.11 Å². The van der Waals surface area contributed by atoms with Gasteiger partial charge in [-0.2, -0.15) is 0 Å². The Kier molecular flexibility index (Phi) is 4.31. The molecule has 0 aliphatic heterocycles. The largest absolute Gasteiger partial charge is 0.497 e. The maximum Gasteiger partial charge on any atom is 0.119 e. The predicted octanol–water partition coefficient (Wildman–Crippen LogP) is 1.89. The fraction of sp³-hybridized carbons (Fsp3) is 0.538. The van der Waals surface area contributed by atoms with Gasteiger partial charge in [-0.15, -0.1) is 11.8 Å². The van der Waals surface area contributed by atoms with Crippen molar-refractivity contribution >= 4 is 11.8 Å². The molecule has 1 aromatic rings. The van der Waals surface area contributed by atoms with Crippen molar-refractivity contribution in [2.75, 3.05) is 13.7 Å². The summed E-state index contributed by atoms with van der Waals surface area (Å²) in [5, 5.41) is 9.51. The van der Waals surface area contributed by atoms with Crippen molar-refractivity contribution in [1.29, 1.82) is 0 Å². The summed E-state index contributed by atoms with van der Waals surface area (Å²) in [5.41, 5.74) is 6.14. The van der Waals surface area contributed by atoms with Gasteiger partial charge in [-0.05, 0) is 37.0 Å². The molecule has 1 aliphatic carbocycles. The number of methoxy groups -OCH3 is 1. The van der Waals surface area contributed by atoms with E-state index in [0.717, 1.165) is 10.6 Å². The van der Waals surface area contributed by atoms with E-state index >= 15 is 0 Å². The highest BCUT2D eigenvalue weighted by Crippen LogP contribution is 2.38. The van der Waals surface area contributed by atoms with E-state index in [1.807, 2.05) is 24.3 Å². The van der Waals surface area contributed by atoms with E-state index in [1.54, 1.807) is 18.9 Å². The molecule has 1 aromatic carbocycles. The number of aliphatic hydroxyl groups is 1. The van der Waals surface area contributed by atoms with Crippen molar-refractivity contribution in [2.24, 2.45) is 11.7 Å². The van der Waals surface area contributed by atoms with Crippen molar-refractivity contribution < 1.29 is 9.84 Å². The number of benzene rings is 1. The van der Waals surface area contributed by atoms with Gasteiger partial charge in [0.1, 0.15) is 5.75 Å². The van der Waals surface area contributed by atoms with Crippen LogP contribution in [0.25, 0.3) is 0 Å². The number of aliphatic hydroxyl groups excluding tert-OH is 1. The Hall–Kier alpha value is -0.710. The molecule has 0 saturated heterocycles. The van der Waals surface area contributed by atoms with Gasteiger partial charge in [-0.25, -0.2) is 0 Å². The highest BCUT2D eigenvalue weighted by molar-refractivity contribution is 8.00. The second-order valence-corrected chi connectivity index (χ2v) is 5.75. The SMILES string of the molecule is COc1cccc(SC(CO)C(N)C2CC2)c1. The van der Waals surface area contributed by atoms with Crippen molar-refractivity contribution in [3.05, 3.63) is 24.3 Å². The fourth-order valence-corrected chi connectivity index (χ4v) is 3.02. The summed E-state index contributed by atoms with van der Waals surface area (Å²) in [6.45, 7) is 0.125. The molecule has 1 fully saturated rings. The van der Waals surface area contributed by atoms with Crippen LogP contribution in [0.5, 0.6) is 5.75 Å². The van der Waals surface area contributed by atoms with E-state index in [2.05, 4.69) is 0 Å². The number of hydrogen-bond donors (Lipinski definition) is 2. The molecule has 0 spiro atoms. The van der Waals surface area contributed by atoms with Gasteiger partial charge in [0.2, 0.25) is 0 Å². The van der Waals surface area contributed by atoms with Crippen molar-refractivity contribution in [3.8, 4) is 5.75 Å². The minimum absolute atomic E-state index is 0.0783. The predicted molar refractivity (Wildman–Crippen MR) is 70.4 cm³/mol. The molecular formula is C13H19NO2S. The lowest BCUT2D eigenvalue weighted by Crippen LogP contribution is -2.36. The molecule has 0 radical (unpaired) electrons. The standard InChI is InChI=1S/C13H19NO2S/c1-16-10-3-2-4-11(7-10)17-12(8-15)13(14)9-5-6-9/h2-4,7,9,12-13,15H,5-6,8,14H2,1H3. The molecule has 3 nitrogen and oxygen atoms in total. The van der Waals surface area contributed by atoms with E-state index in [1.165, 1.54) is 12.8 Å².